The fourth-order valence-electron chi connectivity index (χ4n) is 2.16. The van der Waals surface area contributed by atoms with Gasteiger partial charge in [0.25, 0.3) is 5.69 Å². The number of anilines is 1. The van der Waals surface area contributed by atoms with Gasteiger partial charge in [-0.3, -0.25) is 15.5 Å². The number of hydrazone groups is 1. The second-order valence-corrected chi connectivity index (χ2v) is 4.96. The van der Waals surface area contributed by atoms with E-state index < -0.39 is 4.92 Å². The van der Waals surface area contributed by atoms with Crippen molar-refractivity contribution in [3.05, 3.63) is 100 Å². The molecule has 118 valence electrons. The second kappa shape index (κ2) is 7.15. The highest BCUT2D eigenvalue weighted by atomic mass is 16.6. The molecule has 2 aromatic carbocycles. The fraction of sp³-hybridized carbons (Fsp3) is 0. The molecule has 0 aliphatic heterocycles. The summed E-state index contributed by atoms with van der Waals surface area (Å²) in [6.07, 6.45) is 1.20. The molecule has 1 aromatic heterocycles. The molecule has 0 bridgehead atoms. The zero-order valence-corrected chi connectivity index (χ0v) is 12.7. The largest absolute Gasteiger partial charge is 0.287 e. The van der Waals surface area contributed by atoms with Gasteiger partial charge in [0, 0.05) is 17.2 Å². The monoisotopic (exact) mass is 318 g/mol. The molecule has 24 heavy (non-hydrogen) atoms. The van der Waals surface area contributed by atoms with Crippen molar-refractivity contribution in [3.8, 4) is 0 Å². The predicted molar refractivity (Wildman–Crippen MR) is 93.0 cm³/mol. The number of hydrogen-bond donors (Lipinski definition) is 1. The summed E-state index contributed by atoms with van der Waals surface area (Å²) in [4.78, 5) is 14.2. The average molecular weight is 318 g/mol. The van der Waals surface area contributed by atoms with Gasteiger partial charge < -0.3 is 0 Å². The van der Waals surface area contributed by atoms with Crippen molar-refractivity contribution in [1.29, 1.82) is 0 Å². The minimum atomic E-state index is -0.487. The van der Waals surface area contributed by atoms with Gasteiger partial charge in [0.2, 0.25) is 0 Å². The number of aromatic nitrogens is 1. The predicted octanol–water partition coefficient (Wildman–Crippen LogP) is 3.85. The van der Waals surface area contributed by atoms with Crippen LogP contribution in [0.4, 0.5) is 11.5 Å². The number of nitrogens with one attached hydrogen (secondary N) is 1. The Bertz CT molecular complexity index is 806. The summed E-state index contributed by atoms with van der Waals surface area (Å²) in [7, 11) is 0. The minimum Gasteiger partial charge on any atom is -0.261 e. The van der Waals surface area contributed by atoms with E-state index in [4.69, 9.17) is 0 Å². The molecule has 1 heterocycles. The van der Waals surface area contributed by atoms with Crippen LogP contribution in [0.2, 0.25) is 0 Å². The highest BCUT2D eigenvalue weighted by Gasteiger charge is 2.08. The van der Waals surface area contributed by atoms with E-state index in [0.717, 1.165) is 16.8 Å². The number of pyridine rings is 1. The lowest BCUT2D eigenvalue weighted by molar-refractivity contribution is -0.385. The van der Waals surface area contributed by atoms with Crippen LogP contribution in [-0.2, 0) is 0 Å². The normalized spacial score (nSPS) is 10.0. The van der Waals surface area contributed by atoms with Crippen molar-refractivity contribution in [1.82, 2.24) is 4.98 Å². The fourth-order valence-corrected chi connectivity index (χ4v) is 2.16. The van der Waals surface area contributed by atoms with Crippen LogP contribution in [0.5, 0.6) is 0 Å². The van der Waals surface area contributed by atoms with E-state index in [1.54, 1.807) is 0 Å². The summed E-state index contributed by atoms with van der Waals surface area (Å²) < 4.78 is 0. The van der Waals surface area contributed by atoms with Crippen molar-refractivity contribution >= 4 is 17.2 Å². The summed E-state index contributed by atoms with van der Waals surface area (Å²) in [5.41, 5.74) is 5.48. The quantitative estimate of drug-likeness (QED) is 0.440. The Morgan fingerprint density at radius 1 is 0.917 bits per heavy atom. The Morgan fingerprint density at radius 3 is 1.96 bits per heavy atom. The lowest BCUT2D eigenvalue weighted by Crippen LogP contribution is -2.07. The van der Waals surface area contributed by atoms with Crippen LogP contribution >= 0.6 is 0 Å². The first kappa shape index (κ1) is 15.4. The molecule has 3 rings (SSSR count). The maximum atomic E-state index is 10.7. The molecule has 0 saturated heterocycles. The van der Waals surface area contributed by atoms with Gasteiger partial charge in [-0.2, -0.15) is 5.10 Å². The molecule has 6 heteroatoms. The maximum Gasteiger partial charge on any atom is 0.287 e. The number of nitrogens with zero attached hydrogens (tertiary/aromatic N) is 3. The van der Waals surface area contributed by atoms with Crippen LogP contribution < -0.4 is 5.43 Å². The van der Waals surface area contributed by atoms with Crippen LogP contribution in [-0.4, -0.2) is 15.6 Å². The SMILES string of the molecule is O=[N+]([O-])c1ccc(NN=C(c2ccccc2)c2ccccc2)nc1. The lowest BCUT2D eigenvalue weighted by Gasteiger charge is -2.08. The third kappa shape index (κ3) is 3.61. The van der Waals surface area contributed by atoms with E-state index in [-0.39, 0.29) is 5.69 Å². The van der Waals surface area contributed by atoms with Gasteiger partial charge in [-0.25, -0.2) is 4.98 Å². The van der Waals surface area contributed by atoms with Gasteiger partial charge in [0.1, 0.15) is 12.0 Å². The molecule has 6 nitrogen and oxygen atoms in total. The van der Waals surface area contributed by atoms with E-state index in [2.05, 4.69) is 15.5 Å². The molecular weight excluding hydrogens is 304 g/mol. The summed E-state index contributed by atoms with van der Waals surface area (Å²) >= 11 is 0. The van der Waals surface area contributed by atoms with Crippen LogP contribution in [0.25, 0.3) is 0 Å². The number of nitro groups is 1. The van der Waals surface area contributed by atoms with Crippen molar-refractivity contribution in [2.24, 2.45) is 5.10 Å². The molecule has 0 aliphatic rings. The molecule has 0 fully saturated rings. The number of hydrogen-bond acceptors (Lipinski definition) is 5. The maximum absolute atomic E-state index is 10.7. The Hall–Kier alpha value is -3.54. The van der Waals surface area contributed by atoms with E-state index in [1.807, 2.05) is 60.7 Å². The van der Waals surface area contributed by atoms with E-state index >= 15 is 0 Å². The molecule has 0 saturated carbocycles. The van der Waals surface area contributed by atoms with E-state index in [9.17, 15) is 10.1 Å². The third-order valence-corrected chi connectivity index (χ3v) is 3.34. The first-order valence-corrected chi connectivity index (χ1v) is 7.29. The third-order valence-electron chi connectivity index (χ3n) is 3.34. The number of benzene rings is 2. The van der Waals surface area contributed by atoms with E-state index in [1.165, 1.54) is 18.3 Å². The first-order chi connectivity index (χ1) is 11.7. The summed E-state index contributed by atoms with van der Waals surface area (Å²) in [5.74, 6) is 0.435. The summed E-state index contributed by atoms with van der Waals surface area (Å²) in [6, 6.07) is 22.4. The highest BCUT2D eigenvalue weighted by molar-refractivity contribution is 6.13. The standard InChI is InChI=1S/C18H14N4O2/c23-22(24)16-11-12-17(19-13-16)20-21-18(14-7-3-1-4-8-14)15-9-5-2-6-10-15/h1-13H,(H,19,20). The van der Waals surface area contributed by atoms with Crippen LogP contribution in [0.1, 0.15) is 11.1 Å². The molecule has 0 spiro atoms. The lowest BCUT2D eigenvalue weighted by atomic mass is 10.0. The molecule has 3 aromatic rings. The van der Waals surface area contributed by atoms with Crippen molar-refractivity contribution in [2.75, 3.05) is 5.43 Å². The minimum absolute atomic E-state index is 0.0594. The smallest absolute Gasteiger partial charge is 0.261 e. The van der Waals surface area contributed by atoms with Crippen molar-refractivity contribution < 1.29 is 4.92 Å². The Balaban J connectivity index is 1.91. The van der Waals surface area contributed by atoms with Crippen LogP contribution in [0, 0.1) is 10.1 Å². The molecule has 1 N–H and O–H groups in total. The summed E-state index contributed by atoms with van der Waals surface area (Å²) in [6.45, 7) is 0. The van der Waals surface area contributed by atoms with E-state index in [0.29, 0.717) is 5.82 Å². The Kier molecular flexibility index (Phi) is 4.57. The summed E-state index contributed by atoms with van der Waals surface area (Å²) in [5, 5.41) is 15.1. The van der Waals surface area contributed by atoms with Gasteiger partial charge in [-0.15, -0.1) is 0 Å². The van der Waals surface area contributed by atoms with Gasteiger partial charge in [-0.05, 0) is 6.07 Å². The second-order valence-electron chi connectivity index (χ2n) is 4.96. The molecule has 0 aliphatic carbocycles. The molecule has 0 unspecified atom stereocenters. The molecular formula is C18H14N4O2. The van der Waals surface area contributed by atoms with Gasteiger partial charge in [-0.1, -0.05) is 60.7 Å². The molecule has 0 atom stereocenters. The zero-order chi connectivity index (χ0) is 16.8. The van der Waals surface area contributed by atoms with Crippen LogP contribution in [0.3, 0.4) is 0 Å². The Morgan fingerprint density at radius 2 is 1.50 bits per heavy atom. The zero-order valence-electron chi connectivity index (χ0n) is 12.7. The van der Waals surface area contributed by atoms with Crippen molar-refractivity contribution in [3.63, 3.8) is 0 Å². The number of rotatable bonds is 5. The van der Waals surface area contributed by atoms with Crippen molar-refractivity contribution in [2.45, 2.75) is 0 Å². The topological polar surface area (TPSA) is 80.4 Å². The van der Waals surface area contributed by atoms with Crippen LogP contribution in [0.15, 0.2) is 84.1 Å². The van der Waals surface area contributed by atoms with Gasteiger partial charge in [0.15, 0.2) is 0 Å². The average Bonchev–Trinajstić information content (AvgIpc) is 2.64. The first-order valence-electron chi connectivity index (χ1n) is 7.29. The molecule has 0 radical (unpaired) electrons. The highest BCUT2D eigenvalue weighted by Crippen LogP contribution is 2.14. The Labute approximate surface area is 138 Å². The van der Waals surface area contributed by atoms with Gasteiger partial charge in [0.05, 0.1) is 10.6 Å². The van der Waals surface area contributed by atoms with Gasteiger partial charge >= 0.3 is 0 Å². The molecule has 0 amide bonds.